The molecule has 0 radical (unpaired) electrons. The Morgan fingerprint density at radius 2 is 1.86 bits per heavy atom. The van der Waals surface area contributed by atoms with E-state index in [4.69, 9.17) is 5.73 Å². The smallest absolute Gasteiger partial charge is 0.240 e. The summed E-state index contributed by atoms with van der Waals surface area (Å²) < 4.78 is 0. The largest absolute Gasteiger partial charge is 0.349 e. The summed E-state index contributed by atoms with van der Waals surface area (Å²) in [4.78, 5) is 11.9. The fourth-order valence-electron chi connectivity index (χ4n) is 2.32. The van der Waals surface area contributed by atoms with Gasteiger partial charge in [-0.3, -0.25) is 4.79 Å². The summed E-state index contributed by atoms with van der Waals surface area (Å²) in [6.45, 7) is 2.14. The van der Waals surface area contributed by atoms with Gasteiger partial charge in [0.15, 0.2) is 0 Å². The van der Waals surface area contributed by atoms with Gasteiger partial charge in [0.25, 0.3) is 0 Å². The molecule has 0 atom stereocenters. The number of nitrogens with one attached hydrogen (secondary N) is 1. The van der Waals surface area contributed by atoms with Gasteiger partial charge < -0.3 is 11.1 Å². The van der Waals surface area contributed by atoms with Gasteiger partial charge in [0.2, 0.25) is 5.91 Å². The van der Waals surface area contributed by atoms with Crippen molar-refractivity contribution in [2.75, 3.05) is 0 Å². The third-order valence-corrected chi connectivity index (χ3v) is 4.06. The molecule has 2 rings (SSSR count). The minimum atomic E-state index is -0.530. The standard InChI is InChI=1S/C11H20N2O/c1-2-10(5-3-6-10)13-9(14)11(12)7-4-8-11/h2-8,12H2,1H3,(H,13,14). The molecule has 2 fully saturated rings. The summed E-state index contributed by atoms with van der Waals surface area (Å²) in [5.74, 6) is 0.0882. The number of rotatable bonds is 3. The Balaban J connectivity index is 1.93. The van der Waals surface area contributed by atoms with Gasteiger partial charge in [0.1, 0.15) is 0 Å². The lowest BCUT2D eigenvalue weighted by Gasteiger charge is -2.46. The van der Waals surface area contributed by atoms with Gasteiger partial charge in [0.05, 0.1) is 5.54 Å². The molecule has 0 aromatic carbocycles. The highest BCUT2D eigenvalue weighted by atomic mass is 16.2. The van der Waals surface area contributed by atoms with Crippen molar-refractivity contribution < 1.29 is 4.79 Å². The van der Waals surface area contributed by atoms with E-state index in [1.807, 2.05) is 0 Å². The first-order valence-corrected chi connectivity index (χ1v) is 5.72. The molecule has 2 saturated carbocycles. The Bertz CT molecular complexity index is 236. The average molecular weight is 196 g/mol. The molecule has 0 spiro atoms. The van der Waals surface area contributed by atoms with Crippen LogP contribution in [0.5, 0.6) is 0 Å². The van der Waals surface area contributed by atoms with Crippen molar-refractivity contribution >= 4 is 5.91 Å². The van der Waals surface area contributed by atoms with E-state index in [9.17, 15) is 4.79 Å². The molecule has 0 aromatic rings. The fourth-order valence-corrected chi connectivity index (χ4v) is 2.32. The highest BCUT2D eigenvalue weighted by molar-refractivity contribution is 5.87. The van der Waals surface area contributed by atoms with Gasteiger partial charge in [0, 0.05) is 5.54 Å². The minimum Gasteiger partial charge on any atom is -0.349 e. The fraction of sp³-hybridized carbons (Fsp3) is 0.909. The van der Waals surface area contributed by atoms with Gasteiger partial charge >= 0.3 is 0 Å². The molecule has 0 bridgehead atoms. The first kappa shape index (κ1) is 9.97. The summed E-state index contributed by atoms with van der Waals surface area (Å²) in [6, 6.07) is 0. The lowest BCUT2D eigenvalue weighted by Crippen LogP contribution is -2.64. The van der Waals surface area contributed by atoms with Crippen LogP contribution in [0.15, 0.2) is 0 Å². The van der Waals surface area contributed by atoms with Gasteiger partial charge in [-0.15, -0.1) is 0 Å². The number of carbonyl (C=O) groups excluding carboxylic acids is 1. The number of hydrogen-bond donors (Lipinski definition) is 2. The van der Waals surface area contributed by atoms with Gasteiger partial charge in [-0.2, -0.15) is 0 Å². The molecular formula is C11H20N2O. The third-order valence-electron chi connectivity index (χ3n) is 4.06. The predicted octanol–water partition coefficient (Wildman–Crippen LogP) is 1.32. The minimum absolute atomic E-state index is 0.0882. The SMILES string of the molecule is CCC1(NC(=O)C2(N)CCC2)CCC1. The van der Waals surface area contributed by atoms with Crippen molar-refractivity contribution in [1.82, 2.24) is 5.32 Å². The molecule has 2 aliphatic rings. The lowest BCUT2D eigenvalue weighted by molar-refractivity contribution is -0.132. The summed E-state index contributed by atoms with van der Waals surface area (Å²) in [6.07, 6.45) is 7.36. The van der Waals surface area contributed by atoms with E-state index >= 15 is 0 Å². The zero-order chi connectivity index (χ0) is 10.2. The topological polar surface area (TPSA) is 55.1 Å². The van der Waals surface area contributed by atoms with Crippen molar-refractivity contribution in [2.45, 2.75) is 62.9 Å². The van der Waals surface area contributed by atoms with Crippen LogP contribution in [0.4, 0.5) is 0 Å². The Hall–Kier alpha value is -0.570. The predicted molar refractivity (Wildman–Crippen MR) is 55.8 cm³/mol. The monoisotopic (exact) mass is 196 g/mol. The van der Waals surface area contributed by atoms with Crippen molar-refractivity contribution in [1.29, 1.82) is 0 Å². The summed E-state index contributed by atoms with van der Waals surface area (Å²) in [5, 5.41) is 3.16. The van der Waals surface area contributed by atoms with Gasteiger partial charge in [-0.1, -0.05) is 6.92 Å². The zero-order valence-electron chi connectivity index (χ0n) is 8.94. The molecule has 0 unspecified atom stereocenters. The molecule has 80 valence electrons. The maximum Gasteiger partial charge on any atom is 0.240 e. The normalized spacial score (nSPS) is 27.3. The average Bonchev–Trinajstić information content (AvgIpc) is 2.07. The van der Waals surface area contributed by atoms with Crippen LogP contribution >= 0.6 is 0 Å². The lowest BCUT2D eigenvalue weighted by atomic mass is 9.72. The zero-order valence-corrected chi connectivity index (χ0v) is 8.94. The summed E-state index contributed by atoms with van der Waals surface area (Å²) in [7, 11) is 0. The van der Waals surface area contributed by atoms with E-state index in [0.29, 0.717) is 0 Å². The van der Waals surface area contributed by atoms with Crippen LogP contribution in [-0.4, -0.2) is 17.0 Å². The Labute approximate surface area is 85.4 Å². The Morgan fingerprint density at radius 1 is 1.29 bits per heavy atom. The van der Waals surface area contributed by atoms with Crippen LogP contribution in [0.25, 0.3) is 0 Å². The van der Waals surface area contributed by atoms with E-state index < -0.39 is 5.54 Å². The second-order valence-electron chi connectivity index (χ2n) is 4.95. The first-order chi connectivity index (χ1) is 6.60. The maximum absolute atomic E-state index is 11.9. The van der Waals surface area contributed by atoms with Crippen LogP contribution in [0.2, 0.25) is 0 Å². The highest BCUT2D eigenvalue weighted by Crippen LogP contribution is 2.37. The molecule has 3 nitrogen and oxygen atoms in total. The van der Waals surface area contributed by atoms with E-state index in [2.05, 4.69) is 12.2 Å². The van der Waals surface area contributed by atoms with Crippen LogP contribution in [-0.2, 0) is 4.79 Å². The van der Waals surface area contributed by atoms with E-state index in [1.165, 1.54) is 6.42 Å². The molecule has 3 N–H and O–H groups in total. The number of nitrogens with two attached hydrogens (primary N) is 1. The summed E-state index contributed by atoms with van der Waals surface area (Å²) in [5.41, 5.74) is 5.54. The van der Waals surface area contributed by atoms with E-state index in [-0.39, 0.29) is 11.4 Å². The van der Waals surface area contributed by atoms with Crippen molar-refractivity contribution in [3.8, 4) is 0 Å². The van der Waals surface area contributed by atoms with Crippen LogP contribution in [0.1, 0.15) is 51.9 Å². The quantitative estimate of drug-likeness (QED) is 0.715. The molecule has 0 aromatic heterocycles. The van der Waals surface area contributed by atoms with Gasteiger partial charge in [-0.25, -0.2) is 0 Å². The second-order valence-corrected chi connectivity index (χ2v) is 4.95. The van der Waals surface area contributed by atoms with Gasteiger partial charge in [-0.05, 0) is 44.9 Å². The molecule has 3 heteroatoms. The maximum atomic E-state index is 11.9. The second kappa shape index (κ2) is 3.23. The third kappa shape index (κ3) is 1.44. The van der Waals surface area contributed by atoms with Crippen molar-refractivity contribution in [2.24, 2.45) is 5.73 Å². The Kier molecular flexibility index (Phi) is 2.30. The molecule has 1 amide bonds. The number of carbonyl (C=O) groups is 1. The van der Waals surface area contributed by atoms with Crippen molar-refractivity contribution in [3.63, 3.8) is 0 Å². The van der Waals surface area contributed by atoms with Crippen LogP contribution in [0.3, 0.4) is 0 Å². The molecule has 0 saturated heterocycles. The molecule has 0 heterocycles. The number of amides is 1. The molecule has 14 heavy (non-hydrogen) atoms. The van der Waals surface area contributed by atoms with E-state index in [1.54, 1.807) is 0 Å². The number of hydrogen-bond acceptors (Lipinski definition) is 2. The van der Waals surface area contributed by atoms with Crippen LogP contribution in [0, 0.1) is 0 Å². The van der Waals surface area contributed by atoms with E-state index in [0.717, 1.165) is 38.5 Å². The Morgan fingerprint density at radius 3 is 2.14 bits per heavy atom. The summed E-state index contributed by atoms with van der Waals surface area (Å²) >= 11 is 0. The van der Waals surface area contributed by atoms with Crippen molar-refractivity contribution in [3.05, 3.63) is 0 Å². The molecule has 0 aliphatic heterocycles. The highest BCUT2D eigenvalue weighted by Gasteiger charge is 2.45. The van der Waals surface area contributed by atoms with Crippen LogP contribution < -0.4 is 11.1 Å². The molecular weight excluding hydrogens is 176 g/mol. The first-order valence-electron chi connectivity index (χ1n) is 5.72. The molecule has 2 aliphatic carbocycles.